The molecule has 0 aromatic heterocycles. The van der Waals surface area contributed by atoms with Gasteiger partial charge in [-0.1, -0.05) is 30.7 Å². The first-order valence-electron chi connectivity index (χ1n) is 10.7. The molecule has 4 rings (SSSR count). The molecule has 28 heavy (non-hydrogen) atoms. The normalized spacial score (nSPS) is 28.2. The summed E-state index contributed by atoms with van der Waals surface area (Å²) in [6.45, 7) is 3.66. The van der Waals surface area contributed by atoms with Gasteiger partial charge in [-0.15, -0.1) is 0 Å². The molecule has 1 aliphatic heterocycles. The molecule has 1 aromatic carbocycles. The largest absolute Gasteiger partial charge is 0.453 e. The maximum absolute atomic E-state index is 12.8. The Hall–Kier alpha value is -2.04. The number of benzene rings is 1. The van der Waals surface area contributed by atoms with E-state index in [2.05, 4.69) is 34.3 Å². The van der Waals surface area contributed by atoms with Crippen LogP contribution in [0.5, 0.6) is 0 Å². The number of nitrogens with zero attached hydrogens (tertiary/aromatic N) is 1. The van der Waals surface area contributed by atoms with Gasteiger partial charge in [0.05, 0.1) is 7.11 Å². The van der Waals surface area contributed by atoms with E-state index in [4.69, 9.17) is 0 Å². The van der Waals surface area contributed by atoms with Crippen LogP contribution in [-0.4, -0.2) is 42.6 Å². The van der Waals surface area contributed by atoms with Gasteiger partial charge in [0, 0.05) is 24.5 Å². The summed E-state index contributed by atoms with van der Waals surface area (Å²) in [7, 11) is 1.37. The molecule has 1 aromatic rings. The van der Waals surface area contributed by atoms with Gasteiger partial charge in [-0.05, 0) is 68.4 Å². The summed E-state index contributed by atoms with van der Waals surface area (Å²) in [6.07, 6.45) is 7.12. The Morgan fingerprint density at radius 1 is 1.00 bits per heavy atom. The average molecular weight is 385 g/mol. The van der Waals surface area contributed by atoms with Crippen LogP contribution < -0.4 is 5.32 Å². The number of methoxy groups -OCH3 is 1. The summed E-state index contributed by atoms with van der Waals surface area (Å²) in [5.74, 6) is 1.63. The van der Waals surface area contributed by atoms with Crippen molar-refractivity contribution in [1.82, 2.24) is 10.2 Å². The number of hydrogen-bond donors (Lipinski definition) is 1. The summed E-state index contributed by atoms with van der Waals surface area (Å²) >= 11 is 0. The van der Waals surface area contributed by atoms with Gasteiger partial charge in [0.2, 0.25) is 5.91 Å². The highest BCUT2D eigenvalue weighted by Crippen LogP contribution is 2.40. The molecule has 3 aliphatic rings. The summed E-state index contributed by atoms with van der Waals surface area (Å²) < 4.78 is 4.67. The third-order valence-electron chi connectivity index (χ3n) is 7.12. The van der Waals surface area contributed by atoms with E-state index < -0.39 is 6.09 Å². The molecule has 1 saturated heterocycles. The lowest BCUT2D eigenvalue weighted by Gasteiger charge is -2.46. The summed E-state index contributed by atoms with van der Waals surface area (Å²) in [4.78, 5) is 26.3. The van der Waals surface area contributed by atoms with Crippen molar-refractivity contribution in [3.8, 4) is 0 Å². The number of carbonyl (C=O) groups excluding carboxylic acids is 2. The van der Waals surface area contributed by atoms with Gasteiger partial charge in [0.25, 0.3) is 0 Å². The van der Waals surface area contributed by atoms with Crippen LogP contribution in [0.3, 0.4) is 0 Å². The fourth-order valence-electron chi connectivity index (χ4n) is 5.08. The van der Waals surface area contributed by atoms with Crippen molar-refractivity contribution in [3.05, 3.63) is 35.4 Å². The van der Waals surface area contributed by atoms with Crippen LogP contribution in [0.15, 0.2) is 24.3 Å². The number of alkyl carbamates (subject to hydrolysis) is 1. The van der Waals surface area contributed by atoms with Crippen LogP contribution in [0.1, 0.15) is 74.8 Å². The van der Waals surface area contributed by atoms with E-state index >= 15 is 0 Å². The number of amides is 2. The zero-order chi connectivity index (χ0) is 19.7. The number of rotatable bonds is 4. The van der Waals surface area contributed by atoms with Crippen molar-refractivity contribution in [1.29, 1.82) is 0 Å². The zero-order valence-corrected chi connectivity index (χ0v) is 17.1. The second-order valence-corrected chi connectivity index (χ2v) is 9.18. The van der Waals surface area contributed by atoms with Crippen molar-refractivity contribution in [2.45, 2.75) is 69.2 Å². The first-order chi connectivity index (χ1) is 13.5. The Balaban J connectivity index is 1.25. The lowest BCUT2D eigenvalue weighted by atomic mass is 9.68. The molecule has 152 valence electrons. The second-order valence-electron chi connectivity index (χ2n) is 9.18. The molecule has 5 nitrogen and oxygen atoms in total. The lowest BCUT2D eigenvalue weighted by Crippen LogP contribution is -2.59. The quantitative estimate of drug-likeness (QED) is 0.847. The third-order valence-corrected chi connectivity index (χ3v) is 7.12. The van der Waals surface area contributed by atoms with Gasteiger partial charge in [-0.2, -0.15) is 0 Å². The van der Waals surface area contributed by atoms with E-state index in [1.807, 2.05) is 11.8 Å². The minimum atomic E-state index is -0.419. The van der Waals surface area contributed by atoms with E-state index in [1.165, 1.54) is 37.5 Å². The Morgan fingerprint density at radius 3 is 2.00 bits per heavy atom. The molecule has 1 N–H and O–H groups in total. The van der Waals surface area contributed by atoms with Gasteiger partial charge in [-0.3, -0.25) is 4.79 Å². The second kappa shape index (κ2) is 7.76. The van der Waals surface area contributed by atoms with Gasteiger partial charge in [0.1, 0.15) is 0 Å². The number of carbonyl (C=O) groups is 2. The van der Waals surface area contributed by atoms with Crippen LogP contribution in [0.4, 0.5) is 4.79 Å². The molecular weight excluding hydrogens is 352 g/mol. The predicted molar refractivity (Wildman–Crippen MR) is 108 cm³/mol. The van der Waals surface area contributed by atoms with Crippen LogP contribution in [-0.2, 0) is 9.53 Å². The average Bonchev–Trinajstić information content (AvgIpc) is 2.65. The Bertz CT molecular complexity index is 712. The molecule has 2 aliphatic carbocycles. The SMILES string of the molecule is COC(=O)NC1(C)CC(C(=O)N2CCC(c3ccc(C4CCC4)cc3)CC2)C1. The molecule has 1 heterocycles. The van der Waals surface area contributed by atoms with Crippen molar-refractivity contribution < 1.29 is 14.3 Å². The predicted octanol–water partition coefficient (Wildman–Crippen LogP) is 4.18. The topological polar surface area (TPSA) is 58.6 Å². The fourth-order valence-corrected chi connectivity index (χ4v) is 5.08. The monoisotopic (exact) mass is 384 g/mol. The zero-order valence-electron chi connectivity index (χ0n) is 17.1. The Kier molecular flexibility index (Phi) is 5.35. The molecule has 2 amide bonds. The van der Waals surface area contributed by atoms with Crippen molar-refractivity contribution in [3.63, 3.8) is 0 Å². The van der Waals surface area contributed by atoms with E-state index in [-0.39, 0.29) is 17.4 Å². The molecule has 0 radical (unpaired) electrons. The summed E-state index contributed by atoms with van der Waals surface area (Å²) in [5, 5.41) is 2.85. The molecule has 0 unspecified atom stereocenters. The molecule has 0 bridgehead atoms. The lowest BCUT2D eigenvalue weighted by molar-refractivity contribution is -0.142. The fraction of sp³-hybridized carbons (Fsp3) is 0.652. The number of piperidine rings is 1. The van der Waals surface area contributed by atoms with Gasteiger partial charge < -0.3 is 15.0 Å². The van der Waals surface area contributed by atoms with Crippen LogP contribution in [0, 0.1) is 5.92 Å². The van der Waals surface area contributed by atoms with Crippen LogP contribution in [0.2, 0.25) is 0 Å². The van der Waals surface area contributed by atoms with E-state index in [0.717, 1.165) is 31.8 Å². The minimum absolute atomic E-state index is 0.0282. The van der Waals surface area contributed by atoms with Crippen molar-refractivity contribution in [2.75, 3.05) is 20.2 Å². The van der Waals surface area contributed by atoms with E-state index in [1.54, 1.807) is 0 Å². The smallest absolute Gasteiger partial charge is 0.407 e. The molecule has 0 atom stereocenters. The molecular formula is C23H32N2O3. The minimum Gasteiger partial charge on any atom is -0.453 e. The highest BCUT2D eigenvalue weighted by Gasteiger charge is 2.46. The summed E-state index contributed by atoms with van der Waals surface area (Å²) in [5.41, 5.74) is 2.61. The van der Waals surface area contributed by atoms with Gasteiger partial charge in [-0.25, -0.2) is 4.79 Å². The number of ether oxygens (including phenoxy) is 1. The first kappa shape index (κ1) is 19.3. The van der Waals surface area contributed by atoms with E-state index in [9.17, 15) is 9.59 Å². The highest BCUT2D eigenvalue weighted by molar-refractivity contribution is 5.81. The maximum Gasteiger partial charge on any atom is 0.407 e. The Morgan fingerprint density at radius 2 is 1.54 bits per heavy atom. The third kappa shape index (κ3) is 3.89. The van der Waals surface area contributed by atoms with Crippen LogP contribution in [0.25, 0.3) is 0 Å². The van der Waals surface area contributed by atoms with Gasteiger partial charge >= 0.3 is 6.09 Å². The Labute approximate surface area is 167 Å². The number of hydrogen-bond acceptors (Lipinski definition) is 3. The molecule has 5 heteroatoms. The van der Waals surface area contributed by atoms with Gasteiger partial charge in [0.15, 0.2) is 0 Å². The number of nitrogens with one attached hydrogen (secondary N) is 1. The first-order valence-corrected chi connectivity index (χ1v) is 10.7. The van der Waals surface area contributed by atoms with Crippen LogP contribution >= 0.6 is 0 Å². The van der Waals surface area contributed by atoms with Crippen molar-refractivity contribution in [2.24, 2.45) is 5.92 Å². The van der Waals surface area contributed by atoms with E-state index in [0.29, 0.717) is 18.8 Å². The molecule has 3 fully saturated rings. The summed E-state index contributed by atoms with van der Waals surface area (Å²) in [6, 6.07) is 9.26. The number of likely N-dealkylation sites (tertiary alicyclic amines) is 1. The molecule has 2 saturated carbocycles. The van der Waals surface area contributed by atoms with Crippen molar-refractivity contribution >= 4 is 12.0 Å². The standard InChI is InChI=1S/C23H32N2O3/c1-23(24-22(27)28-2)14-20(15-23)21(26)25-12-10-19(11-13-25)18-8-6-17(7-9-18)16-4-3-5-16/h6-9,16,19-20H,3-5,10-15H2,1-2H3,(H,24,27). The highest BCUT2D eigenvalue weighted by atomic mass is 16.5. The molecule has 0 spiro atoms. The maximum atomic E-state index is 12.8.